The fourth-order valence-corrected chi connectivity index (χ4v) is 5.53. The summed E-state index contributed by atoms with van der Waals surface area (Å²) < 4.78 is 10.8. The Morgan fingerprint density at radius 1 is 0.826 bits per heavy atom. The number of hydrogen-bond donors (Lipinski definition) is 5. The highest BCUT2D eigenvalue weighted by Crippen LogP contribution is 2.27. The molecule has 0 radical (unpaired) electrons. The zero-order chi connectivity index (χ0) is 35.2. The lowest BCUT2D eigenvalue weighted by molar-refractivity contribution is -0.149. The summed E-state index contributed by atoms with van der Waals surface area (Å²) in [5.41, 5.74) is 4.80. The summed E-state index contributed by atoms with van der Waals surface area (Å²) >= 11 is 0. The van der Waals surface area contributed by atoms with Gasteiger partial charge in [0.05, 0.1) is 27.1 Å². The van der Waals surface area contributed by atoms with Crippen molar-refractivity contribution in [2.45, 2.75) is 105 Å². The maximum atomic E-state index is 12.4. The zero-order valence-corrected chi connectivity index (χ0v) is 28.7. The summed E-state index contributed by atoms with van der Waals surface area (Å²) in [6.07, 6.45) is 4.04. The Balaban J connectivity index is 0.000000417. The van der Waals surface area contributed by atoms with Crippen LogP contribution in [-0.2, 0) is 27.2 Å². The monoisotopic (exact) mass is 644 g/mol. The molecule has 2 unspecified atom stereocenters. The highest BCUT2D eigenvalue weighted by atomic mass is 16.6. The second kappa shape index (κ2) is 18.6. The molecule has 46 heavy (non-hydrogen) atoms. The van der Waals surface area contributed by atoms with Crippen molar-refractivity contribution in [3.05, 3.63) is 57.6 Å². The van der Waals surface area contributed by atoms with Gasteiger partial charge in [0.15, 0.2) is 0 Å². The van der Waals surface area contributed by atoms with Crippen LogP contribution in [0.25, 0.3) is 0 Å². The average Bonchev–Trinajstić information content (AvgIpc) is 3.47. The molecule has 0 heterocycles. The minimum atomic E-state index is -1.83. The lowest BCUT2D eigenvalue weighted by atomic mass is 9.84. The number of nitrogens with one attached hydrogen (secondary N) is 2. The van der Waals surface area contributed by atoms with Crippen LogP contribution in [-0.4, -0.2) is 65.1 Å². The lowest BCUT2D eigenvalue weighted by Gasteiger charge is -2.32. The van der Waals surface area contributed by atoms with Crippen molar-refractivity contribution in [2.75, 3.05) is 14.2 Å². The number of carboxylic acids is 1. The van der Waals surface area contributed by atoms with Gasteiger partial charge in [-0.3, -0.25) is 9.59 Å². The fraction of sp³-hybridized carbons (Fsp3) is 0.543. The molecule has 5 N–H and O–H groups in total. The third kappa shape index (κ3) is 12.3. The first-order valence-electron chi connectivity index (χ1n) is 15.5. The largest absolute Gasteiger partial charge is 0.503 e. The second-order valence-electron chi connectivity index (χ2n) is 12.1. The smallest absolute Gasteiger partial charge is 0.496 e. The summed E-state index contributed by atoms with van der Waals surface area (Å²) in [6, 6.07) is 8.33. The molecule has 0 saturated heterocycles. The Labute approximate surface area is 272 Å². The molecule has 0 aromatic heterocycles. The maximum Gasteiger partial charge on any atom is 0.503 e. The SMILES string of the molecule is CCC(C)C(C)(NC(=O)Cc1c(C)cc(C)cc1OC)C(=O)O.COc1cc(C)cc(C)c1CC(=O)NC1CCCC1.O=C(O)O. The van der Waals surface area contributed by atoms with Gasteiger partial charge in [0.25, 0.3) is 0 Å². The Kier molecular flexibility index (Phi) is 16.1. The van der Waals surface area contributed by atoms with Crippen molar-refractivity contribution in [2.24, 2.45) is 5.92 Å². The molecule has 0 aliphatic heterocycles. The van der Waals surface area contributed by atoms with E-state index in [4.69, 9.17) is 24.5 Å². The molecule has 2 amide bonds. The molecule has 1 aliphatic rings. The van der Waals surface area contributed by atoms with Gasteiger partial charge in [-0.2, -0.15) is 0 Å². The van der Waals surface area contributed by atoms with Crippen molar-refractivity contribution in [1.82, 2.24) is 10.6 Å². The van der Waals surface area contributed by atoms with E-state index in [0.29, 0.717) is 24.6 Å². The van der Waals surface area contributed by atoms with Crippen LogP contribution < -0.4 is 20.1 Å². The molecule has 0 spiro atoms. The number of methoxy groups -OCH3 is 2. The van der Waals surface area contributed by atoms with E-state index in [1.165, 1.54) is 12.8 Å². The van der Waals surface area contributed by atoms with E-state index in [0.717, 1.165) is 52.0 Å². The predicted molar refractivity (Wildman–Crippen MR) is 177 cm³/mol. The van der Waals surface area contributed by atoms with Crippen LogP contribution in [0.2, 0.25) is 0 Å². The molecule has 1 fully saturated rings. The number of amides is 2. The Bertz CT molecular complexity index is 1350. The molecule has 11 nitrogen and oxygen atoms in total. The number of hydrogen-bond acceptors (Lipinski definition) is 6. The number of benzene rings is 2. The number of rotatable bonds is 11. The zero-order valence-electron chi connectivity index (χ0n) is 28.7. The topological polar surface area (TPSA) is 171 Å². The van der Waals surface area contributed by atoms with E-state index in [2.05, 4.69) is 16.7 Å². The predicted octanol–water partition coefficient (Wildman–Crippen LogP) is 6.00. The molecular weight excluding hydrogens is 592 g/mol. The first kappa shape index (κ1) is 39.7. The third-order valence-corrected chi connectivity index (χ3v) is 8.43. The molecule has 256 valence electrons. The number of carbonyl (C=O) groups is 4. The van der Waals surface area contributed by atoms with Crippen LogP contribution in [0.1, 0.15) is 86.3 Å². The number of carbonyl (C=O) groups excluding carboxylic acids is 2. The number of aliphatic carboxylic acids is 1. The van der Waals surface area contributed by atoms with Gasteiger partial charge in [-0.25, -0.2) is 9.59 Å². The minimum absolute atomic E-state index is 0.0919. The van der Waals surface area contributed by atoms with Gasteiger partial charge in [-0.15, -0.1) is 0 Å². The molecule has 2 atom stereocenters. The molecule has 2 aromatic carbocycles. The van der Waals surface area contributed by atoms with Gasteiger partial charge in [0.1, 0.15) is 17.0 Å². The molecule has 11 heteroatoms. The molecule has 2 aromatic rings. The van der Waals surface area contributed by atoms with Crippen molar-refractivity contribution >= 4 is 23.9 Å². The van der Waals surface area contributed by atoms with Crippen LogP contribution >= 0.6 is 0 Å². The summed E-state index contributed by atoms with van der Waals surface area (Å²) in [7, 11) is 3.22. The molecule has 1 saturated carbocycles. The first-order chi connectivity index (χ1) is 21.5. The van der Waals surface area contributed by atoms with Crippen LogP contribution in [0.4, 0.5) is 4.79 Å². The summed E-state index contributed by atoms with van der Waals surface area (Å²) in [5.74, 6) is 0.0626. The van der Waals surface area contributed by atoms with Gasteiger partial charge >= 0.3 is 12.1 Å². The van der Waals surface area contributed by atoms with Gasteiger partial charge in [0.2, 0.25) is 11.8 Å². The summed E-state index contributed by atoms with van der Waals surface area (Å²) in [5, 5.41) is 29.3. The summed E-state index contributed by atoms with van der Waals surface area (Å²) in [4.78, 5) is 44.7. The van der Waals surface area contributed by atoms with E-state index in [-0.39, 0.29) is 24.2 Å². The Morgan fingerprint density at radius 2 is 1.24 bits per heavy atom. The van der Waals surface area contributed by atoms with E-state index in [9.17, 15) is 19.5 Å². The summed E-state index contributed by atoms with van der Waals surface area (Å²) in [6.45, 7) is 13.2. The third-order valence-electron chi connectivity index (χ3n) is 8.43. The minimum Gasteiger partial charge on any atom is -0.496 e. The van der Waals surface area contributed by atoms with E-state index < -0.39 is 17.7 Å². The highest BCUT2D eigenvalue weighted by Gasteiger charge is 2.39. The molecule has 0 bridgehead atoms. The Morgan fingerprint density at radius 3 is 1.61 bits per heavy atom. The van der Waals surface area contributed by atoms with Crippen molar-refractivity contribution < 1.29 is 44.0 Å². The van der Waals surface area contributed by atoms with Crippen LogP contribution in [0.3, 0.4) is 0 Å². The molecule has 3 rings (SSSR count). The van der Waals surface area contributed by atoms with Gasteiger partial charge in [0, 0.05) is 17.2 Å². The molecular formula is C35H52N2O9. The first-order valence-corrected chi connectivity index (χ1v) is 15.5. The lowest BCUT2D eigenvalue weighted by Crippen LogP contribution is -2.56. The Hall–Kier alpha value is -4.28. The van der Waals surface area contributed by atoms with Crippen molar-refractivity contribution in [1.29, 1.82) is 0 Å². The van der Waals surface area contributed by atoms with Crippen molar-refractivity contribution in [3.63, 3.8) is 0 Å². The average molecular weight is 645 g/mol. The van der Waals surface area contributed by atoms with E-state index in [1.54, 1.807) is 21.1 Å². The van der Waals surface area contributed by atoms with Crippen molar-refractivity contribution in [3.8, 4) is 11.5 Å². The fourth-order valence-electron chi connectivity index (χ4n) is 5.53. The van der Waals surface area contributed by atoms with Gasteiger partial charge in [-0.1, -0.05) is 45.2 Å². The van der Waals surface area contributed by atoms with Crippen LogP contribution in [0.5, 0.6) is 11.5 Å². The maximum absolute atomic E-state index is 12.4. The van der Waals surface area contributed by atoms with Gasteiger partial charge in [-0.05, 0) is 87.8 Å². The van der Waals surface area contributed by atoms with Gasteiger partial charge < -0.3 is 35.4 Å². The second-order valence-corrected chi connectivity index (χ2v) is 12.1. The standard InChI is InChI=1S/C18H27NO4.C16H23NO2.CH2O3/c1-7-13(4)18(5,17(21)22)19-16(20)10-14-12(3)8-11(2)9-15(14)23-6;1-11-8-12(2)14(15(9-11)19-3)10-16(18)17-13-6-4-5-7-13;2-1(3)4/h8-9,13H,7,10H2,1-6H3,(H,19,20)(H,21,22);8-9,13H,4-7,10H2,1-3H3,(H,17,18);(H2,2,3,4). The highest BCUT2D eigenvalue weighted by molar-refractivity contribution is 5.88. The van der Waals surface area contributed by atoms with E-state index in [1.807, 2.05) is 59.7 Å². The number of carboxylic acid groups (broad SMARTS) is 3. The normalized spacial score (nSPS) is 14.3. The van der Waals surface area contributed by atoms with Crippen LogP contribution in [0.15, 0.2) is 24.3 Å². The molecule has 1 aliphatic carbocycles. The number of aryl methyl sites for hydroxylation is 4. The van der Waals surface area contributed by atoms with E-state index >= 15 is 0 Å². The van der Waals surface area contributed by atoms with Crippen LogP contribution in [0, 0.1) is 33.6 Å². The quantitative estimate of drug-likeness (QED) is 0.197. The number of ether oxygens (including phenoxy) is 2.